The molecule has 2 N–H and O–H groups in total. The SMILES string of the molecule is CCCOc1ccc(CC(C)N)cc1CN(C)C.Cl. The van der Waals surface area contributed by atoms with Crippen molar-refractivity contribution in [3.05, 3.63) is 29.3 Å². The third-order valence-electron chi connectivity index (χ3n) is 2.63. The maximum atomic E-state index is 5.85. The monoisotopic (exact) mass is 286 g/mol. The molecule has 0 aromatic heterocycles. The van der Waals surface area contributed by atoms with E-state index in [4.69, 9.17) is 10.5 Å². The van der Waals surface area contributed by atoms with Crippen molar-refractivity contribution >= 4 is 12.4 Å². The highest BCUT2D eigenvalue weighted by atomic mass is 35.5. The number of halogens is 1. The molecule has 1 unspecified atom stereocenters. The van der Waals surface area contributed by atoms with Crippen LogP contribution in [0.4, 0.5) is 0 Å². The van der Waals surface area contributed by atoms with E-state index in [1.807, 2.05) is 6.92 Å². The second-order valence-corrected chi connectivity index (χ2v) is 5.21. The van der Waals surface area contributed by atoms with Gasteiger partial charge in [0, 0.05) is 18.2 Å². The molecule has 1 aromatic carbocycles. The molecule has 0 heterocycles. The van der Waals surface area contributed by atoms with Crippen molar-refractivity contribution in [1.29, 1.82) is 0 Å². The highest BCUT2D eigenvalue weighted by Gasteiger charge is 2.07. The van der Waals surface area contributed by atoms with Gasteiger partial charge >= 0.3 is 0 Å². The zero-order chi connectivity index (χ0) is 13.5. The number of hydrogen-bond acceptors (Lipinski definition) is 3. The second kappa shape index (κ2) is 9.18. The molecular formula is C15H27ClN2O. The average Bonchev–Trinajstić information content (AvgIpc) is 2.26. The van der Waals surface area contributed by atoms with Crippen LogP contribution in [-0.2, 0) is 13.0 Å². The Morgan fingerprint density at radius 1 is 1.32 bits per heavy atom. The van der Waals surface area contributed by atoms with Gasteiger partial charge in [0.15, 0.2) is 0 Å². The Labute approximate surface area is 123 Å². The number of nitrogens with two attached hydrogens (primary N) is 1. The van der Waals surface area contributed by atoms with Crippen LogP contribution in [0.15, 0.2) is 18.2 Å². The lowest BCUT2D eigenvalue weighted by Crippen LogP contribution is -2.18. The van der Waals surface area contributed by atoms with E-state index >= 15 is 0 Å². The quantitative estimate of drug-likeness (QED) is 0.838. The van der Waals surface area contributed by atoms with E-state index in [2.05, 4.69) is 44.1 Å². The van der Waals surface area contributed by atoms with Gasteiger partial charge < -0.3 is 15.4 Å². The fourth-order valence-electron chi connectivity index (χ4n) is 1.95. The molecule has 110 valence electrons. The van der Waals surface area contributed by atoms with Crippen LogP contribution in [0.25, 0.3) is 0 Å². The van der Waals surface area contributed by atoms with Crippen LogP contribution in [0.2, 0.25) is 0 Å². The molecule has 0 amide bonds. The molecule has 1 rings (SSSR count). The standard InChI is InChI=1S/C15H26N2O.ClH/c1-5-8-18-15-7-6-13(9-12(2)16)10-14(15)11-17(3)4;/h6-7,10,12H,5,8-9,11,16H2,1-4H3;1H. The van der Waals surface area contributed by atoms with Crippen molar-refractivity contribution in [1.82, 2.24) is 4.90 Å². The lowest BCUT2D eigenvalue weighted by Gasteiger charge is -2.16. The van der Waals surface area contributed by atoms with Gasteiger partial charge in [-0.2, -0.15) is 0 Å². The van der Waals surface area contributed by atoms with E-state index in [-0.39, 0.29) is 18.4 Å². The molecular weight excluding hydrogens is 260 g/mol. The fourth-order valence-corrected chi connectivity index (χ4v) is 1.95. The molecule has 0 aliphatic rings. The minimum atomic E-state index is 0. The first-order valence-electron chi connectivity index (χ1n) is 6.67. The van der Waals surface area contributed by atoms with Crippen molar-refractivity contribution < 1.29 is 4.74 Å². The highest BCUT2D eigenvalue weighted by molar-refractivity contribution is 5.85. The molecule has 0 aliphatic heterocycles. The number of ether oxygens (including phenoxy) is 1. The predicted molar refractivity (Wildman–Crippen MR) is 84.2 cm³/mol. The third-order valence-corrected chi connectivity index (χ3v) is 2.63. The predicted octanol–water partition coefficient (Wildman–Crippen LogP) is 2.85. The molecule has 0 bridgehead atoms. The van der Waals surface area contributed by atoms with E-state index < -0.39 is 0 Å². The normalized spacial score (nSPS) is 12.1. The van der Waals surface area contributed by atoms with Gasteiger partial charge in [-0.25, -0.2) is 0 Å². The molecule has 1 atom stereocenters. The molecule has 1 aromatic rings. The van der Waals surface area contributed by atoms with Gasteiger partial charge in [0.05, 0.1) is 6.61 Å². The van der Waals surface area contributed by atoms with Gasteiger partial charge in [0.1, 0.15) is 5.75 Å². The average molecular weight is 287 g/mol. The molecule has 0 saturated heterocycles. The Morgan fingerprint density at radius 2 is 2.00 bits per heavy atom. The van der Waals surface area contributed by atoms with Crippen molar-refractivity contribution in [2.75, 3.05) is 20.7 Å². The molecule has 19 heavy (non-hydrogen) atoms. The van der Waals surface area contributed by atoms with Crippen LogP contribution < -0.4 is 10.5 Å². The summed E-state index contributed by atoms with van der Waals surface area (Å²) < 4.78 is 5.79. The molecule has 3 nitrogen and oxygen atoms in total. The van der Waals surface area contributed by atoms with Crippen LogP contribution in [0.3, 0.4) is 0 Å². The number of nitrogens with zero attached hydrogens (tertiary/aromatic N) is 1. The number of rotatable bonds is 7. The molecule has 0 spiro atoms. The first kappa shape index (κ1) is 18.2. The maximum absolute atomic E-state index is 5.85. The zero-order valence-electron chi connectivity index (χ0n) is 12.5. The first-order chi connectivity index (χ1) is 8.52. The lowest BCUT2D eigenvalue weighted by molar-refractivity contribution is 0.306. The minimum absolute atomic E-state index is 0. The van der Waals surface area contributed by atoms with Gasteiger partial charge in [0.25, 0.3) is 0 Å². The summed E-state index contributed by atoms with van der Waals surface area (Å²) in [4.78, 5) is 2.16. The van der Waals surface area contributed by atoms with Gasteiger partial charge in [-0.05, 0) is 45.5 Å². The first-order valence-corrected chi connectivity index (χ1v) is 6.67. The maximum Gasteiger partial charge on any atom is 0.123 e. The van der Waals surface area contributed by atoms with E-state index in [0.717, 1.165) is 31.7 Å². The topological polar surface area (TPSA) is 38.5 Å². The molecule has 0 fully saturated rings. The van der Waals surface area contributed by atoms with Crippen molar-refractivity contribution in [2.45, 2.75) is 39.3 Å². The molecule has 0 aliphatic carbocycles. The Bertz CT molecular complexity index is 367. The van der Waals surface area contributed by atoms with Gasteiger partial charge in [-0.15, -0.1) is 12.4 Å². The zero-order valence-corrected chi connectivity index (χ0v) is 13.3. The number of benzene rings is 1. The summed E-state index contributed by atoms with van der Waals surface area (Å²) in [6.07, 6.45) is 1.94. The summed E-state index contributed by atoms with van der Waals surface area (Å²) in [5, 5.41) is 0. The summed E-state index contributed by atoms with van der Waals surface area (Å²) in [5.41, 5.74) is 8.38. The van der Waals surface area contributed by atoms with Gasteiger partial charge in [-0.1, -0.05) is 19.1 Å². The van der Waals surface area contributed by atoms with Crippen LogP contribution in [0, 0.1) is 0 Å². The van der Waals surface area contributed by atoms with E-state index in [0.29, 0.717) is 0 Å². The lowest BCUT2D eigenvalue weighted by atomic mass is 10.0. The second-order valence-electron chi connectivity index (χ2n) is 5.21. The Hall–Kier alpha value is -0.770. The summed E-state index contributed by atoms with van der Waals surface area (Å²) >= 11 is 0. The van der Waals surface area contributed by atoms with E-state index in [9.17, 15) is 0 Å². The summed E-state index contributed by atoms with van der Waals surface area (Å²) in [7, 11) is 4.14. The van der Waals surface area contributed by atoms with Gasteiger partial charge in [0.2, 0.25) is 0 Å². The summed E-state index contributed by atoms with van der Waals surface area (Å²) in [5.74, 6) is 0.999. The smallest absolute Gasteiger partial charge is 0.123 e. The van der Waals surface area contributed by atoms with Crippen LogP contribution in [-0.4, -0.2) is 31.6 Å². The molecule has 0 radical (unpaired) electrons. The third kappa shape index (κ3) is 6.81. The Balaban J connectivity index is 0.00000324. The van der Waals surface area contributed by atoms with Crippen LogP contribution in [0.1, 0.15) is 31.4 Å². The van der Waals surface area contributed by atoms with E-state index in [1.54, 1.807) is 0 Å². The van der Waals surface area contributed by atoms with Crippen LogP contribution in [0.5, 0.6) is 5.75 Å². The largest absolute Gasteiger partial charge is 0.493 e. The minimum Gasteiger partial charge on any atom is -0.493 e. The Kier molecular flexibility index (Phi) is 8.81. The van der Waals surface area contributed by atoms with Crippen molar-refractivity contribution in [2.24, 2.45) is 5.73 Å². The van der Waals surface area contributed by atoms with Crippen LogP contribution >= 0.6 is 12.4 Å². The highest BCUT2D eigenvalue weighted by Crippen LogP contribution is 2.22. The summed E-state index contributed by atoms with van der Waals surface area (Å²) in [6, 6.07) is 6.60. The molecule has 4 heteroatoms. The van der Waals surface area contributed by atoms with Gasteiger partial charge in [-0.3, -0.25) is 0 Å². The van der Waals surface area contributed by atoms with E-state index in [1.165, 1.54) is 11.1 Å². The summed E-state index contributed by atoms with van der Waals surface area (Å²) in [6.45, 7) is 5.82. The Morgan fingerprint density at radius 3 is 2.53 bits per heavy atom. The van der Waals surface area contributed by atoms with Crippen molar-refractivity contribution in [3.63, 3.8) is 0 Å². The fraction of sp³-hybridized carbons (Fsp3) is 0.600. The number of hydrogen-bond donors (Lipinski definition) is 1. The van der Waals surface area contributed by atoms with Crippen molar-refractivity contribution in [3.8, 4) is 5.75 Å². The molecule has 0 saturated carbocycles.